The molecule has 0 aromatic carbocycles. The van der Waals surface area contributed by atoms with Crippen molar-refractivity contribution in [3.05, 3.63) is 11.4 Å². The maximum Gasteiger partial charge on any atom is 0.410 e. The number of ether oxygens (including phenoxy) is 1. The fraction of sp³-hybridized carbons (Fsp3) is 0.667. The molecule has 0 aliphatic carbocycles. The van der Waals surface area contributed by atoms with Crippen molar-refractivity contribution in [2.24, 2.45) is 0 Å². The molecule has 18 heavy (non-hydrogen) atoms. The van der Waals surface area contributed by atoms with Crippen molar-refractivity contribution in [2.75, 3.05) is 26.4 Å². The Balaban J connectivity index is 2.51. The summed E-state index contributed by atoms with van der Waals surface area (Å²) in [5, 5.41) is 0.466. The summed E-state index contributed by atoms with van der Waals surface area (Å²) in [5.74, 6) is 0. The molecule has 0 saturated carbocycles. The maximum atomic E-state index is 11.6. The molecule has 5 nitrogen and oxygen atoms in total. The average Bonchev–Trinajstić information content (AvgIpc) is 2.24. The van der Waals surface area contributed by atoms with Gasteiger partial charge in [0.05, 0.1) is 0 Å². The van der Waals surface area contributed by atoms with Crippen LogP contribution in [0.25, 0.3) is 0 Å². The number of carbonyl (C=O) groups is 1. The Kier molecular flexibility index (Phi) is 5.39. The molecule has 1 unspecified atom stereocenters. The minimum Gasteiger partial charge on any atom is -0.445 e. The number of amides is 1. The number of hydrogen-bond acceptors (Lipinski definition) is 3. The van der Waals surface area contributed by atoms with Crippen LogP contribution in [-0.4, -0.2) is 46.0 Å². The molecule has 0 aromatic heterocycles. The Morgan fingerprint density at radius 1 is 1.61 bits per heavy atom. The van der Waals surface area contributed by atoms with E-state index < -0.39 is 17.3 Å². The topological polar surface area (TPSA) is 66.8 Å². The fourth-order valence-corrected chi connectivity index (χ4v) is 2.53. The monoisotopic (exact) mass is 335 g/mol. The van der Waals surface area contributed by atoms with E-state index in [2.05, 4.69) is 0 Å². The molecular weight excluding hydrogens is 323 g/mol. The first kappa shape index (κ1) is 16.1. The van der Waals surface area contributed by atoms with Crippen molar-refractivity contribution in [2.45, 2.75) is 10.2 Å². The van der Waals surface area contributed by atoms with Crippen molar-refractivity contribution >= 4 is 48.3 Å². The van der Waals surface area contributed by atoms with E-state index in [0.717, 1.165) is 0 Å². The minimum atomic E-state index is -3.22. The first-order valence-electron chi connectivity index (χ1n) is 5.08. The molecule has 1 aliphatic rings. The highest BCUT2D eigenvalue weighted by molar-refractivity contribution is 7.61. The molecule has 1 rings (SSSR count). The summed E-state index contributed by atoms with van der Waals surface area (Å²) >= 11 is 16.4. The summed E-state index contributed by atoms with van der Waals surface area (Å²) in [6.07, 6.45) is 1.29. The Morgan fingerprint density at radius 2 is 2.22 bits per heavy atom. The van der Waals surface area contributed by atoms with E-state index in [4.69, 9.17) is 39.5 Å². The van der Waals surface area contributed by atoms with Crippen LogP contribution < -0.4 is 0 Å². The summed E-state index contributed by atoms with van der Waals surface area (Å²) in [5.41, 5.74) is 0. The van der Waals surface area contributed by atoms with Crippen LogP contribution in [0.4, 0.5) is 4.79 Å². The van der Waals surface area contributed by atoms with Crippen LogP contribution >= 0.6 is 42.2 Å². The molecule has 0 fully saturated rings. The van der Waals surface area contributed by atoms with Crippen LogP contribution in [0.1, 0.15) is 6.42 Å². The van der Waals surface area contributed by atoms with E-state index in [1.54, 1.807) is 6.08 Å². The van der Waals surface area contributed by atoms with E-state index >= 15 is 0 Å². The number of rotatable bonds is 2. The lowest BCUT2D eigenvalue weighted by molar-refractivity contribution is 0.107. The van der Waals surface area contributed by atoms with Crippen LogP contribution in [-0.2, 0) is 9.30 Å². The average molecular weight is 337 g/mol. The van der Waals surface area contributed by atoms with Crippen LogP contribution in [0.5, 0.6) is 0 Å². The summed E-state index contributed by atoms with van der Waals surface area (Å²) in [6, 6.07) is 0. The largest absolute Gasteiger partial charge is 0.445 e. The zero-order chi connectivity index (χ0) is 14.0. The Hall–Kier alpha value is 0.0700. The van der Waals surface area contributed by atoms with Crippen molar-refractivity contribution in [3.8, 4) is 0 Å². The predicted octanol–water partition coefficient (Wildman–Crippen LogP) is 2.98. The van der Waals surface area contributed by atoms with E-state index in [0.29, 0.717) is 18.3 Å². The maximum absolute atomic E-state index is 11.6. The molecular formula is C9H13Cl3NO4P. The molecule has 0 aromatic rings. The smallest absolute Gasteiger partial charge is 0.410 e. The number of nitrogens with zero attached hydrogens (tertiary/aromatic N) is 1. The summed E-state index contributed by atoms with van der Waals surface area (Å²) in [7, 11) is -3.22. The minimum absolute atomic E-state index is 0.215. The van der Waals surface area contributed by atoms with Gasteiger partial charge in [0.2, 0.25) is 11.2 Å². The van der Waals surface area contributed by atoms with Crippen molar-refractivity contribution in [1.29, 1.82) is 0 Å². The van der Waals surface area contributed by atoms with Crippen LogP contribution in [0.2, 0.25) is 0 Å². The Labute approximate surface area is 120 Å². The van der Waals surface area contributed by atoms with Crippen molar-refractivity contribution < 1.29 is 19.0 Å². The van der Waals surface area contributed by atoms with E-state index in [1.807, 2.05) is 0 Å². The second-order valence-corrected chi connectivity index (χ2v) is 8.79. The van der Waals surface area contributed by atoms with Gasteiger partial charge >= 0.3 is 6.09 Å². The number of halogens is 3. The summed E-state index contributed by atoms with van der Waals surface area (Å²) in [4.78, 5) is 22.3. The van der Waals surface area contributed by atoms with Gasteiger partial charge < -0.3 is 14.5 Å². The normalized spacial score (nSPS) is 20.1. The van der Waals surface area contributed by atoms with E-state index in [1.165, 1.54) is 11.6 Å². The zero-order valence-electron chi connectivity index (χ0n) is 9.61. The van der Waals surface area contributed by atoms with Gasteiger partial charge in [0.25, 0.3) is 0 Å². The molecule has 1 amide bonds. The fourth-order valence-electron chi connectivity index (χ4n) is 1.44. The number of carbonyl (C=O) groups excluding carboxylic acids is 1. The Morgan fingerprint density at radius 3 is 2.61 bits per heavy atom. The van der Waals surface area contributed by atoms with Gasteiger partial charge in [-0.25, -0.2) is 4.79 Å². The lowest BCUT2D eigenvalue weighted by atomic mass is 10.2. The number of hydrogen-bond donors (Lipinski definition) is 1. The van der Waals surface area contributed by atoms with Gasteiger partial charge in [0.15, 0.2) is 0 Å². The van der Waals surface area contributed by atoms with Gasteiger partial charge in [0, 0.05) is 25.1 Å². The third kappa shape index (κ3) is 5.37. The van der Waals surface area contributed by atoms with Gasteiger partial charge in [-0.2, -0.15) is 0 Å². The summed E-state index contributed by atoms with van der Waals surface area (Å²) in [6.45, 7) is 1.46. The lowest BCUT2D eigenvalue weighted by Gasteiger charge is -2.27. The first-order chi connectivity index (χ1) is 8.09. The molecule has 104 valence electrons. The molecule has 0 spiro atoms. The molecule has 1 heterocycles. The molecule has 0 bridgehead atoms. The van der Waals surface area contributed by atoms with Crippen molar-refractivity contribution in [3.63, 3.8) is 0 Å². The number of alkyl halides is 3. The van der Waals surface area contributed by atoms with E-state index in [-0.39, 0.29) is 13.2 Å². The molecule has 9 heteroatoms. The quantitative estimate of drug-likeness (QED) is 0.622. The van der Waals surface area contributed by atoms with E-state index in [9.17, 15) is 14.3 Å². The second kappa shape index (κ2) is 6.02. The van der Waals surface area contributed by atoms with Crippen LogP contribution in [0, 0.1) is 0 Å². The highest BCUT2D eigenvalue weighted by atomic mass is 35.6. The first-order valence-corrected chi connectivity index (χ1v) is 8.32. The predicted molar refractivity (Wildman–Crippen MR) is 71.7 cm³/mol. The van der Waals surface area contributed by atoms with Gasteiger partial charge in [0.1, 0.15) is 6.61 Å². The molecule has 1 N–H and O–H groups in total. The van der Waals surface area contributed by atoms with Gasteiger partial charge in [-0.1, -0.05) is 40.9 Å². The van der Waals surface area contributed by atoms with Gasteiger partial charge in [-0.05, 0) is 6.42 Å². The molecule has 1 aliphatic heterocycles. The van der Waals surface area contributed by atoms with Crippen LogP contribution in [0.15, 0.2) is 11.4 Å². The molecule has 1 atom stereocenters. The SMILES string of the molecule is CP(=O)(O)C1=CCN(C(=O)OCC(Cl)(Cl)Cl)CC1. The highest BCUT2D eigenvalue weighted by Crippen LogP contribution is 2.48. The third-order valence-corrected chi connectivity index (χ3v) is 4.13. The summed E-state index contributed by atoms with van der Waals surface area (Å²) < 4.78 is 14.6. The van der Waals surface area contributed by atoms with Gasteiger partial charge in [-0.15, -0.1) is 0 Å². The third-order valence-electron chi connectivity index (χ3n) is 2.34. The Bertz CT molecular complexity index is 401. The standard InChI is InChI=1S/C9H13Cl3NO4P/c1-18(15,16)7-2-4-13(5-3-7)8(14)17-6-9(10,11)12/h2H,3-6H2,1H3,(H,15,16). The van der Waals surface area contributed by atoms with Gasteiger partial charge in [-0.3, -0.25) is 4.57 Å². The van der Waals surface area contributed by atoms with Crippen molar-refractivity contribution in [1.82, 2.24) is 4.90 Å². The molecule has 0 radical (unpaired) electrons. The molecule has 0 saturated heterocycles. The lowest BCUT2D eigenvalue weighted by Crippen LogP contribution is -2.36. The van der Waals surface area contributed by atoms with Crippen LogP contribution in [0.3, 0.4) is 0 Å². The zero-order valence-corrected chi connectivity index (χ0v) is 12.8. The highest BCUT2D eigenvalue weighted by Gasteiger charge is 2.27. The second-order valence-electron chi connectivity index (χ2n) is 3.94.